The lowest BCUT2D eigenvalue weighted by Gasteiger charge is -2.32. The van der Waals surface area contributed by atoms with E-state index in [2.05, 4.69) is 5.32 Å². The van der Waals surface area contributed by atoms with E-state index in [0.717, 1.165) is 38.6 Å². The second-order valence-corrected chi connectivity index (χ2v) is 4.53. The number of carbonyl (C=O) groups excluding carboxylic acids is 1. The van der Waals surface area contributed by atoms with Gasteiger partial charge in [0.15, 0.2) is 0 Å². The summed E-state index contributed by atoms with van der Waals surface area (Å²) in [5.41, 5.74) is 4.52. The van der Waals surface area contributed by atoms with E-state index in [4.69, 9.17) is 5.73 Å². The SMILES string of the molecule is NC(=O)CCCNCC1(O)CCCCC1. The predicted molar refractivity (Wildman–Crippen MR) is 59.3 cm³/mol. The Balaban J connectivity index is 2.05. The molecule has 0 saturated heterocycles. The normalized spacial score (nSPS) is 20.1. The Hall–Kier alpha value is -0.610. The van der Waals surface area contributed by atoms with Crippen LogP contribution in [0.1, 0.15) is 44.9 Å². The van der Waals surface area contributed by atoms with Crippen LogP contribution in [0.2, 0.25) is 0 Å². The maximum atomic E-state index is 10.5. The smallest absolute Gasteiger partial charge is 0.217 e. The first-order valence-corrected chi connectivity index (χ1v) is 5.84. The molecule has 4 nitrogen and oxygen atoms in total. The number of rotatable bonds is 6. The monoisotopic (exact) mass is 214 g/mol. The van der Waals surface area contributed by atoms with Crippen LogP contribution in [-0.4, -0.2) is 29.7 Å². The van der Waals surface area contributed by atoms with Crippen molar-refractivity contribution >= 4 is 5.91 Å². The van der Waals surface area contributed by atoms with E-state index in [1.807, 2.05) is 0 Å². The van der Waals surface area contributed by atoms with Crippen LogP contribution in [0.5, 0.6) is 0 Å². The fraction of sp³-hybridized carbons (Fsp3) is 0.909. The van der Waals surface area contributed by atoms with Gasteiger partial charge < -0.3 is 16.2 Å². The Kier molecular flexibility index (Phi) is 5.05. The number of aliphatic hydroxyl groups is 1. The third-order valence-electron chi connectivity index (χ3n) is 3.02. The molecule has 0 aromatic heterocycles. The average Bonchev–Trinajstić information content (AvgIpc) is 2.17. The summed E-state index contributed by atoms with van der Waals surface area (Å²) in [5.74, 6) is -0.256. The molecule has 1 fully saturated rings. The summed E-state index contributed by atoms with van der Waals surface area (Å²) in [4.78, 5) is 10.5. The molecular weight excluding hydrogens is 192 g/mol. The second kappa shape index (κ2) is 6.08. The molecule has 88 valence electrons. The summed E-state index contributed by atoms with van der Waals surface area (Å²) in [6.45, 7) is 1.40. The van der Waals surface area contributed by atoms with Crippen LogP contribution < -0.4 is 11.1 Å². The second-order valence-electron chi connectivity index (χ2n) is 4.53. The van der Waals surface area contributed by atoms with Gasteiger partial charge in [0.05, 0.1) is 5.60 Å². The zero-order valence-electron chi connectivity index (χ0n) is 9.30. The Labute approximate surface area is 91.2 Å². The van der Waals surface area contributed by atoms with Gasteiger partial charge in [0.2, 0.25) is 5.91 Å². The number of hydrogen-bond donors (Lipinski definition) is 3. The van der Waals surface area contributed by atoms with Crippen LogP contribution >= 0.6 is 0 Å². The van der Waals surface area contributed by atoms with E-state index in [1.165, 1.54) is 6.42 Å². The number of carbonyl (C=O) groups is 1. The van der Waals surface area contributed by atoms with Crippen LogP contribution in [0, 0.1) is 0 Å². The third kappa shape index (κ3) is 5.14. The van der Waals surface area contributed by atoms with E-state index in [1.54, 1.807) is 0 Å². The molecule has 15 heavy (non-hydrogen) atoms. The highest BCUT2D eigenvalue weighted by molar-refractivity contribution is 5.73. The van der Waals surface area contributed by atoms with Gasteiger partial charge in [-0.25, -0.2) is 0 Å². The molecule has 0 aromatic carbocycles. The van der Waals surface area contributed by atoms with Crippen LogP contribution in [0.25, 0.3) is 0 Å². The minimum absolute atomic E-state index is 0.256. The van der Waals surface area contributed by atoms with E-state index in [-0.39, 0.29) is 5.91 Å². The molecule has 1 rings (SSSR count). The first-order valence-electron chi connectivity index (χ1n) is 5.84. The highest BCUT2D eigenvalue weighted by Crippen LogP contribution is 2.27. The molecule has 0 heterocycles. The predicted octanol–water partition coefficient (Wildman–Crippen LogP) is 0.537. The van der Waals surface area contributed by atoms with Gasteiger partial charge in [0.25, 0.3) is 0 Å². The lowest BCUT2D eigenvalue weighted by Crippen LogP contribution is -2.42. The first kappa shape index (κ1) is 12.5. The molecule has 1 saturated carbocycles. The van der Waals surface area contributed by atoms with Gasteiger partial charge in [-0.2, -0.15) is 0 Å². The number of primary amides is 1. The average molecular weight is 214 g/mol. The summed E-state index contributed by atoms with van der Waals surface area (Å²) >= 11 is 0. The van der Waals surface area contributed by atoms with Crippen molar-refractivity contribution in [2.75, 3.05) is 13.1 Å². The van der Waals surface area contributed by atoms with Crippen LogP contribution in [0.15, 0.2) is 0 Å². The summed E-state index contributed by atoms with van der Waals surface area (Å²) < 4.78 is 0. The maximum Gasteiger partial charge on any atom is 0.217 e. The third-order valence-corrected chi connectivity index (χ3v) is 3.02. The van der Waals surface area contributed by atoms with Crippen molar-refractivity contribution in [2.24, 2.45) is 5.73 Å². The fourth-order valence-corrected chi connectivity index (χ4v) is 2.10. The molecule has 4 N–H and O–H groups in total. The van der Waals surface area contributed by atoms with Crippen LogP contribution in [-0.2, 0) is 4.79 Å². The Morgan fingerprint density at radius 2 is 2.00 bits per heavy atom. The van der Waals surface area contributed by atoms with E-state index in [0.29, 0.717) is 13.0 Å². The van der Waals surface area contributed by atoms with E-state index in [9.17, 15) is 9.90 Å². The number of nitrogens with two attached hydrogens (primary N) is 1. The van der Waals surface area contributed by atoms with Gasteiger partial charge >= 0.3 is 0 Å². The number of hydrogen-bond acceptors (Lipinski definition) is 3. The van der Waals surface area contributed by atoms with Crippen molar-refractivity contribution in [2.45, 2.75) is 50.5 Å². The molecule has 0 unspecified atom stereocenters. The Morgan fingerprint density at radius 3 is 2.60 bits per heavy atom. The van der Waals surface area contributed by atoms with Crippen LogP contribution in [0.3, 0.4) is 0 Å². The zero-order valence-corrected chi connectivity index (χ0v) is 9.30. The first-order chi connectivity index (χ1) is 7.12. The quantitative estimate of drug-likeness (QED) is 0.565. The van der Waals surface area contributed by atoms with Crippen molar-refractivity contribution < 1.29 is 9.90 Å². The molecule has 1 aliphatic carbocycles. The van der Waals surface area contributed by atoms with Crippen molar-refractivity contribution in [1.29, 1.82) is 0 Å². The molecule has 0 atom stereocenters. The largest absolute Gasteiger partial charge is 0.389 e. The van der Waals surface area contributed by atoms with Crippen molar-refractivity contribution in [3.05, 3.63) is 0 Å². The van der Waals surface area contributed by atoms with E-state index >= 15 is 0 Å². The Bertz CT molecular complexity index is 201. The lowest BCUT2D eigenvalue weighted by atomic mass is 9.85. The van der Waals surface area contributed by atoms with Gasteiger partial charge in [-0.15, -0.1) is 0 Å². The molecule has 4 heteroatoms. The van der Waals surface area contributed by atoms with Crippen molar-refractivity contribution in [3.63, 3.8) is 0 Å². The maximum absolute atomic E-state index is 10.5. The molecule has 0 aromatic rings. The molecule has 0 bridgehead atoms. The number of amides is 1. The Morgan fingerprint density at radius 1 is 1.33 bits per heavy atom. The van der Waals surface area contributed by atoms with Crippen LogP contribution in [0.4, 0.5) is 0 Å². The topological polar surface area (TPSA) is 75.4 Å². The fourth-order valence-electron chi connectivity index (χ4n) is 2.10. The molecular formula is C11H22N2O2. The molecule has 0 spiro atoms. The van der Waals surface area contributed by atoms with Crippen molar-refractivity contribution in [1.82, 2.24) is 5.32 Å². The van der Waals surface area contributed by atoms with E-state index < -0.39 is 5.60 Å². The van der Waals surface area contributed by atoms with Gasteiger partial charge in [-0.1, -0.05) is 19.3 Å². The van der Waals surface area contributed by atoms with Gasteiger partial charge in [-0.3, -0.25) is 4.79 Å². The number of nitrogens with one attached hydrogen (secondary N) is 1. The minimum Gasteiger partial charge on any atom is -0.389 e. The summed E-state index contributed by atoms with van der Waals surface area (Å²) in [6.07, 6.45) is 6.46. The highest BCUT2D eigenvalue weighted by atomic mass is 16.3. The highest BCUT2D eigenvalue weighted by Gasteiger charge is 2.28. The molecule has 0 aliphatic heterocycles. The zero-order chi connectivity index (χ0) is 11.1. The molecule has 1 aliphatic rings. The van der Waals surface area contributed by atoms with Gasteiger partial charge in [-0.05, 0) is 25.8 Å². The van der Waals surface area contributed by atoms with Gasteiger partial charge in [0.1, 0.15) is 0 Å². The molecule has 1 amide bonds. The van der Waals surface area contributed by atoms with Gasteiger partial charge in [0, 0.05) is 13.0 Å². The standard InChI is InChI=1S/C11H22N2O2/c12-10(14)5-4-8-13-9-11(15)6-2-1-3-7-11/h13,15H,1-9H2,(H2,12,14). The summed E-state index contributed by atoms with van der Waals surface area (Å²) in [5, 5.41) is 13.3. The summed E-state index contributed by atoms with van der Waals surface area (Å²) in [7, 11) is 0. The van der Waals surface area contributed by atoms with Crippen molar-refractivity contribution in [3.8, 4) is 0 Å². The summed E-state index contributed by atoms with van der Waals surface area (Å²) in [6, 6.07) is 0. The lowest BCUT2D eigenvalue weighted by molar-refractivity contribution is -0.118. The molecule has 0 radical (unpaired) electrons. The minimum atomic E-state index is -0.509.